The summed E-state index contributed by atoms with van der Waals surface area (Å²) in [6.07, 6.45) is 2.58. The molecule has 0 aromatic heterocycles. The van der Waals surface area contributed by atoms with Crippen molar-refractivity contribution < 1.29 is 23.8 Å². The first-order valence-corrected chi connectivity index (χ1v) is 10.8. The maximum absolute atomic E-state index is 12.5. The summed E-state index contributed by atoms with van der Waals surface area (Å²) in [6, 6.07) is 23.3. The van der Waals surface area contributed by atoms with Gasteiger partial charge >= 0.3 is 11.9 Å². The summed E-state index contributed by atoms with van der Waals surface area (Å²) in [7, 11) is 0. The molecule has 32 heavy (non-hydrogen) atoms. The molecule has 0 heterocycles. The van der Waals surface area contributed by atoms with Crippen molar-refractivity contribution in [2.24, 2.45) is 0 Å². The van der Waals surface area contributed by atoms with Crippen molar-refractivity contribution in [1.29, 1.82) is 0 Å². The third-order valence-electron chi connectivity index (χ3n) is 4.97. The third kappa shape index (κ3) is 6.98. The van der Waals surface area contributed by atoms with Crippen molar-refractivity contribution in [3.63, 3.8) is 0 Å². The number of carbonyl (C=O) groups is 2. The summed E-state index contributed by atoms with van der Waals surface area (Å²) in [6.45, 7) is 4.36. The van der Waals surface area contributed by atoms with Gasteiger partial charge in [-0.1, -0.05) is 43.3 Å². The standard InChI is InChI=1S/C27H28O5/c1-3-20(2)31-24-16-14-22(15-17-24)27(29)32-25-13-7-12-23(19-25)26(28)30-18-8-11-21-9-5-4-6-10-21/h4-7,9-10,12-17,19-20H,3,8,11,18H2,1-2H3. The van der Waals surface area contributed by atoms with Crippen molar-refractivity contribution in [3.8, 4) is 11.5 Å². The molecule has 0 saturated carbocycles. The largest absolute Gasteiger partial charge is 0.491 e. The predicted molar refractivity (Wildman–Crippen MR) is 123 cm³/mol. The Morgan fingerprint density at radius 2 is 1.56 bits per heavy atom. The van der Waals surface area contributed by atoms with Gasteiger partial charge in [0.05, 0.1) is 23.8 Å². The number of carbonyl (C=O) groups excluding carboxylic acids is 2. The summed E-state index contributed by atoms with van der Waals surface area (Å²) in [5, 5.41) is 0. The van der Waals surface area contributed by atoms with Gasteiger partial charge in [0, 0.05) is 0 Å². The summed E-state index contributed by atoms with van der Waals surface area (Å²) in [4.78, 5) is 24.8. The molecule has 0 spiro atoms. The van der Waals surface area contributed by atoms with Crippen LogP contribution >= 0.6 is 0 Å². The third-order valence-corrected chi connectivity index (χ3v) is 4.97. The molecule has 166 valence electrons. The molecule has 0 bridgehead atoms. The van der Waals surface area contributed by atoms with Crippen LogP contribution in [0.3, 0.4) is 0 Å². The average Bonchev–Trinajstić information content (AvgIpc) is 2.83. The Labute approximate surface area is 188 Å². The second kappa shape index (κ2) is 11.7. The van der Waals surface area contributed by atoms with E-state index in [1.54, 1.807) is 42.5 Å². The Kier molecular flexibility index (Phi) is 8.44. The van der Waals surface area contributed by atoms with Crippen molar-refractivity contribution in [3.05, 3.63) is 95.6 Å². The molecular weight excluding hydrogens is 404 g/mol. The van der Waals surface area contributed by atoms with E-state index in [-0.39, 0.29) is 11.9 Å². The molecule has 0 aliphatic rings. The molecule has 5 nitrogen and oxygen atoms in total. The first kappa shape index (κ1) is 23.1. The van der Waals surface area contributed by atoms with E-state index in [4.69, 9.17) is 14.2 Å². The van der Waals surface area contributed by atoms with Crippen LogP contribution in [0.4, 0.5) is 0 Å². The highest BCUT2D eigenvalue weighted by Gasteiger charge is 2.13. The summed E-state index contributed by atoms with van der Waals surface area (Å²) >= 11 is 0. The van der Waals surface area contributed by atoms with E-state index in [0.717, 1.165) is 19.3 Å². The van der Waals surface area contributed by atoms with Crippen molar-refractivity contribution in [2.45, 2.75) is 39.2 Å². The van der Waals surface area contributed by atoms with E-state index in [1.165, 1.54) is 11.6 Å². The number of hydrogen-bond donors (Lipinski definition) is 0. The van der Waals surface area contributed by atoms with Gasteiger partial charge in [-0.15, -0.1) is 0 Å². The smallest absolute Gasteiger partial charge is 0.343 e. The Morgan fingerprint density at radius 1 is 0.812 bits per heavy atom. The highest BCUT2D eigenvalue weighted by atomic mass is 16.5. The summed E-state index contributed by atoms with van der Waals surface area (Å²) < 4.78 is 16.5. The Bertz CT molecular complexity index is 1010. The monoisotopic (exact) mass is 432 g/mol. The molecule has 0 saturated heterocycles. The quantitative estimate of drug-likeness (QED) is 0.228. The number of aryl methyl sites for hydroxylation is 1. The number of rotatable bonds is 10. The zero-order valence-corrected chi connectivity index (χ0v) is 18.5. The number of ether oxygens (including phenoxy) is 3. The van der Waals surface area contributed by atoms with Gasteiger partial charge in [-0.3, -0.25) is 0 Å². The second-order valence-corrected chi connectivity index (χ2v) is 7.50. The van der Waals surface area contributed by atoms with E-state index in [2.05, 4.69) is 0 Å². The van der Waals surface area contributed by atoms with Gasteiger partial charge < -0.3 is 14.2 Å². The first-order valence-electron chi connectivity index (χ1n) is 10.8. The van der Waals surface area contributed by atoms with Gasteiger partial charge in [0.2, 0.25) is 0 Å². The van der Waals surface area contributed by atoms with Crippen LogP contribution in [0, 0.1) is 0 Å². The highest BCUT2D eigenvalue weighted by molar-refractivity contribution is 5.92. The maximum Gasteiger partial charge on any atom is 0.343 e. The number of benzene rings is 3. The Morgan fingerprint density at radius 3 is 2.28 bits per heavy atom. The van der Waals surface area contributed by atoms with Crippen molar-refractivity contribution >= 4 is 11.9 Å². The molecule has 0 aliphatic carbocycles. The number of esters is 2. The van der Waals surface area contributed by atoms with Gasteiger partial charge in [0.15, 0.2) is 0 Å². The van der Waals surface area contributed by atoms with Crippen LogP contribution in [-0.4, -0.2) is 24.6 Å². The molecule has 0 N–H and O–H groups in total. The lowest BCUT2D eigenvalue weighted by atomic mass is 10.1. The van der Waals surface area contributed by atoms with Crippen LogP contribution < -0.4 is 9.47 Å². The molecule has 0 amide bonds. The van der Waals surface area contributed by atoms with Crippen LogP contribution in [0.1, 0.15) is 53.0 Å². The topological polar surface area (TPSA) is 61.8 Å². The van der Waals surface area contributed by atoms with Crippen LogP contribution in [0.15, 0.2) is 78.9 Å². The molecule has 3 rings (SSSR count). The molecular formula is C27H28O5. The lowest BCUT2D eigenvalue weighted by Gasteiger charge is -2.12. The first-order chi connectivity index (χ1) is 15.5. The Hall–Kier alpha value is -3.60. The van der Waals surface area contributed by atoms with Gasteiger partial charge in [-0.05, 0) is 74.2 Å². The molecule has 0 fully saturated rings. The minimum atomic E-state index is -0.506. The van der Waals surface area contributed by atoms with E-state index in [9.17, 15) is 9.59 Å². The van der Waals surface area contributed by atoms with Crippen LogP contribution in [0.25, 0.3) is 0 Å². The van der Waals surface area contributed by atoms with E-state index < -0.39 is 11.9 Å². The average molecular weight is 433 g/mol. The van der Waals surface area contributed by atoms with Crippen molar-refractivity contribution in [1.82, 2.24) is 0 Å². The fourth-order valence-electron chi connectivity index (χ4n) is 3.01. The lowest BCUT2D eigenvalue weighted by molar-refractivity contribution is 0.0498. The maximum atomic E-state index is 12.5. The molecule has 1 unspecified atom stereocenters. The normalized spacial score (nSPS) is 11.4. The van der Waals surface area contributed by atoms with E-state index in [0.29, 0.717) is 23.5 Å². The van der Waals surface area contributed by atoms with Gasteiger partial charge in [0.25, 0.3) is 0 Å². The zero-order chi connectivity index (χ0) is 22.8. The summed E-state index contributed by atoms with van der Waals surface area (Å²) in [5.74, 6) is 0.0394. The summed E-state index contributed by atoms with van der Waals surface area (Å²) in [5.41, 5.74) is 1.94. The molecule has 3 aromatic carbocycles. The minimum absolute atomic E-state index is 0.105. The predicted octanol–water partition coefficient (Wildman–Crippen LogP) is 5.87. The Balaban J connectivity index is 1.51. The SMILES string of the molecule is CCC(C)Oc1ccc(C(=O)Oc2cccc(C(=O)OCCCc3ccccc3)c2)cc1. The molecule has 5 heteroatoms. The van der Waals surface area contributed by atoms with Crippen LogP contribution in [0.2, 0.25) is 0 Å². The molecule has 0 radical (unpaired) electrons. The van der Waals surface area contributed by atoms with E-state index >= 15 is 0 Å². The lowest BCUT2D eigenvalue weighted by Crippen LogP contribution is -2.11. The highest BCUT2D eigenvalue weighted by Crippen LogP contribution is 2.19. The fraction of sp³-hybridized carbons (Fsp3) is 0.259. The molecule has 0 aliphatic heterocycles. The van der Waals surface area contributed by atoms with Gasteiger partial charge in [-0.2, -0.15) is 0 Å². The van der Waals surface area contributed by atoms with Crippen LogP contribution in [0.5, 0.6) is 11.5 Å². The number of hydrogen-bond acceptors (Lipinski definition) is 5. The zero-order valence-electron chi connectivity index (χ0n) is 18.5. The van der Waals surface area contributed by atoms with Crippen LogP contribution in [-0.2, 0) is 11.2 Å². The minimum Gasteiger partial charge on any atom is -0.491 e. The van der Waals surface area contributed by atoms with Gasteiger partial charge in [-0.25, -0.2) is 9.59 Å². The van der Waals surface area contributed by atoms with Gasteiger partial charge in [0.1, 0.15) is 11.5 Å². The fourth-order valence-corrected chi connectivity index (χ4v) is 3.01. The van der Waals surface area contributed by atoms with E-state index in [1.807, 2.05) is 44.2 Å². The second-order valence-electron chi connectivity index (χ2n) is 7.50. The molecule has 3 aromatic rings. The van der Waals surface area contributed by atoms with Crippen molar-refractivity contribution in [2.75, 3.05) is 6.61 Å². The molecule has 1 atom stereocenters.